The van der Waals surface area contributed by atoms with Crippen LogP contribution < -0.4 is 10.6 Å². The van der Waals surface area contributed by atoms with E-state index in [2.05, 4.69) is 40.5 Å². The van der Waals surface area contributed by atoms with E-state index in [1.807, 2.05) is 14.0 Å². The van der Waals surface area contributed by atoms with Gasteiger partial charge in [-0.3, -0.25) is 0 Å². The van der Waals surface area contributed by atoms with Crippen molar-refractivity contribution in [1.82, 2.24) is 9.97 Å². The first-order chi connectivity index (χ1) is 9.67. The predicted octanol–water partition coefficient (Wildman–Crippen LogP) is 3.13. The Balaban J connectivity index is 2.31. The second-order valence-electron chi connectivity index (χ2n) is 4.64. The Bertz CT molecular complexity index is 570. The molecule has 2 aromatic heterocycles. The maximum atomic E-state index is 5.44. The van der Waals surface area contributed by atoms with Gasteiger partial charge in [0, 0.05) is 24.6 Å². The topological polar surface area (TPSA) is 59.1 Å². The summed E-state index contributed by atoms with van der Waals surface area (Å²) in [7, 11) is 1.84. The number of rotatable bonds is 7. The predicted molar refractivity (Wildman–Crippen MR) is 85.9 cm³/mol. The molecule has 0 saturated carbocycles. The summed E-state index contributed by atoms with van der Waals surface area (Å²) in [5.41, 5.74) is 0. The highest BCUT2D eigenvalue weighted by Crippen LogP contribution is 2.30. The molecule has 0 aliphatic carbocycles. The van der Waals surface area contributed by atoms with E-state index in [4.69, 9.17) is 4.74 Å². The highest BCUT2D eigenvalue weighted by atomic mass is 32.1. The van der Waals surface area contributed by atoms with Crippen molar-refractivity contribution in [2.75, 3.05) is 30.9 Å². The lowest BCUT2D eigenvalue weighted by atomic mass is 10.3. The molecule has 110 valence electrons. The van der Waals surface area contributed by atoms with Crippen LogP contribution in [0.25, 0.3) is 10.2 Å². The molecule has 20 heavy (non-hydrogen) atoms. The largest absolute Gasteiger partial charge is 0.380 e. The van der Waals surface area contributed by atoms with Crippen molar-refractivity contribution in [2.45, 2.75) is 33.2 Å². The number of aryl methyl sites for hydroxylation is 1. The van der Waals surface area contributed by atoms with E-state index < -0.39 is 0 Å². The van der Waals surface area contributed by atoms with E-state index in [1.54, 1.807) is 11.3 Å². The normalized spacial score (nSPS) is 12.6. The van der Waals surface area contributed by atoms with Crippen LogP contribution in [0.1, 0.15) is 25.6 Å². The lowest BCUT2D eigenvalue weighted by Gasteiger charge is -2.15. The summed E-state index contributed by atoms with van der Waals surface area (Å²) in [6.07, 6.45) is 1.02. The van der Waals surface area contributed by atoms with Gasteiger partial charge < -0.3 is 15.4 Å². The van der Waals surface area contributed by atoms with E-state index >= 15 is 0 Å². The molecule has 2 aromatic rings. The Labute approximate surface area is 123 Å². The second kappa shape index (κ2) is 6.85. The average molecular weight is 294 g/mol. The van der Waals surface area contributed by atoms with E-state index in [0.717, 1.165) is 29.1 Å². The minimum absolute atomic E-state index is 0.211. The molecule has 0 spiro atoms. The molecule has 0 saturated heterocycles. The first-order valence-corrected chi connectivity index (χ1v) is 7.82. The summed E-state index contributed by atoms with van der Waals surface area (Å²) in [4.78, 5) is 11.4. The number of anilines is 2. The van der Waals surface area contributed by atoms with Gasteiger partial charge in [-0.05, 0) is 26.3 Å². The standard InChI is InChI=1S/C14H22N4OS/c1-5-10-7-11-12(16-9(3)8-19-6-2)17-14(15-4)18-13(11)20-10/h7,9H,5-6,8H2,1-4H3,(H2,15,16,17,18). The molecule has 2 rings (SSSR count). The number of hydrogen-bond acceptors (Lipinski definition) is 6. The van der Waals surface area contributed by atoms with Gasteiger partial charge in [-0.2, -0.15) is 4.98 Å². The molecule has 5 nitrogen and oxygen atoms in total. The van der Waals surface area contributed by atoms with Crippen LogP contribution in [0.5, 0.6) is 0 Å². The third kappa shape index (κ3) is 3.37. The summed E-state index contributed by atoms with van der Waals surface area (Å²) in [6.45, 7) is 7.64. The molecule has 0 aliphatic heterocycles. The van der Waals surface area contributed by atoms with Crippen molar-refractivity contribution in [3.63, 3.8) is 0 Å². The fourth-order valence-electron chi connectivity index (χ4n) is 1.94. The molecule has 0 fully saturated rings. The van der Waals surface area contributed by atoms with Gasteiger partial charge in [-0.25, -0.2) is 4.98 Å². The van der Waals surface area contributed by atoms with Gasteiger partial charge >= 0.3 is 0 Å². The van der Waals surface area contributed by atoms with Crippen molar-refractivity contribution in [3.8, 4) is 0 Å². The molecule has 2 N–H and O–H groups in total. The average Bonchev–Trinajstić information content (AvgIpc) is 2.88. The number of aromatic nitrogens is 2. The van der Waals surface area contributed by atoms with Crippen LogP contribution in [0, 0.1) is 0 Å². The number of ether oxygens (including phenoxy) is 1. The zero-order valence-corrected chi connectivity index (χ0v) is 13.3. The van der Waals surface area contributed by atoms with Gasteiger partial charge in [0.25, 0.3) is 0 Å². The second-order valence-corrected chi connectivity index (χ2v) is 5.75. The Hall–Kier alpha value is -1.40. The smallest absolute Gasteiger partial charge is 0.225 e. The van der Waals surface area contributed by atoms with Gasteiger partial charge in [0.1, 0.15) is 10.6 Å². The number of thiophene rings is 1. The van der Waals surface area contributed by atoms with E-state index in [1.165, 1.54) is 4.88 Å². The third-order valence-corrected chi connectivity index (χ3v) is 4.14. The van der Waals surface area contributed by atoms with Crippen molar-refractivity contribution in [3.05, 3.63) is 10.9 Å². The fraction of sp³-hybridized carbons (Fsp3) is 0.571. The molecule has 0 aliphatic rings. The zero-order chi connectivity index (χ0) is 14.5. The Morgan fingerprint density at radius 1 is 1.35 bits per heavy atom. The number of fused-ring (bicyclic) bond motifs is 1. The molecule has 1 unspecified atom stereocenters. The number of nitrogens with zero attached hydrogens (tertiary/aromatic N) is 2. The van der Waals surface area contributed by atoms with Crippen molar-refractivity contribution in [2.24, 2.45) is 0 Å². The summed E-state index contributed by atoms with van der Waals surface area (Å²) in [5.74, 6) is 1.52. The van der Waals surface area contributed by atoms with Crippen LogP contribution in [0.2, 0.25) is 0 Å². The van der Waals surface area contributed by atoms with Crippen LogP contribution in [0.4, 0.5) is 11.8 Å². The molecule has 0 bridgehead atoms. The molecular formula is C14H22N4OS. The molecule has 0 radical (unpaired) electrons. The Morgan fingerprint density at radius 3 is 2.80 bits per heavy atom. The van der Waals surface area contributed by atoms with E-state index in [0.29, 0.717) is 12.6 Å². The quantitative estimate of drug-likeness (QED) is 0.821. The van der Waals surface area contributed by atoms with Gasteiger partial charge in [0.2, 0.25) is 5.95 Å². The van der Waals surface area contributed by atoms with Gasteiger partial charge in [-0.15, -0.1) is 11.3 Å². The number of hydrogen-bond donors (Lipinski definition) is 2. The van der Waals surface area contributed by atoms with Crippen LogP contribution in [-0.4, -0.2) is 36.3 Å². The minimum atomic E-state index is 0.211. The molecule has 0 amide bonds. The van der Waals surface area contributed by atoms with E-state index in [-0.39, 0.29) is 6.04 Å². The maximum Gasteiger partial charge on any atom is 0.225 e. The van der Waals surface area contributed by atoms with Crippen molar-refractivity contribution < 1.29 is 4.74 Å². The van der Waals surface area contributed by atoms with Crippen molar-refractivity contribution in [1.29, 1.82) is 0 Å². The maximum absolute atomic E-state index is 5.44. The summed E-state index contributed by atoms with van der Waals surface area (Å²) >= 11 is 1.72. The molecule has 6 heteroatoms. The first kappa shape index (κ1) is 15.0. The van der Waals surface area contributed by atoms with Crippen LogP contribution in [-0.2, 0) is 11.2 Å². The highest BCUT2D eigenvalue weighted by Gasteiger charge is 2.12. The SMILES string of the molecule is CCOCC(C)Nc1nc(NC)nc2sc(CC)cc12. The summed E-state index contributed by atoms with van der Waals surface area (Å²) in [6, 6.07) is 2.39. The van der Waals surface area contributed by atoms with Crippen LogP contribution in [0.3, 0.4) is 0 Å². The molecule has 1 atom stereocenters. The lowest BCUT2D eigenvalue weighted by Crippen LogP contribution is -2.22. The highest BCUT2D eigenvalue weighted by molar-refractivity contribution is 7.18. The minimum Gasteiger partial charge on any atom is -0.380 e. The molecular weight excluding hydrogens is 272 g/mol. The summed E-state index contributed by atoms with van der Waals surface area (Å²) < 4.78 is 5.44. The van der Waals surface area contributed by atoms with Crippen LogP contribution >= 0.6 is 11.3 Å². The first-order valence-electron chi connectivity index (χ1n) is 7.00. The monoisotopic (exact) mass is 294 g/mol. The molecule has 2 heterocycles. The fourth-order valence-corrected chi connectivity index (χ4v) is 2.90. The van der Waals surface area contributed by atoms with Gasteiger partial charge in [-0.1, -0.05) is 6.92 Å². The third-order valence-electron chi connectivity index (χ3n) is 2.97. The van der Waals surface area contributed by atoms with E-state index in [9.17, 15) is 0 Å². The Morgan fingerprint density at radius 2 is 2.15 bits per heavy atom. The Kier molecular flexibility index (Phi) is 5.14. The van der Waals surface area contributed by atoms with Gasteiger partial charge in [0.05, 0.1) is 12.0 Å². The lowest BCUT2D eigenvalue weighted by molar-refractivity contribution is 0.141. The van der Waals surface area contributed by atoms with Crippen molar-refractivity contribution >= 4 is 33.3 Å². The van der Waals surface area contributed by atoms with Gasteiger partial charge in [0.15, 0.2) is 0 Å². The molecule has 0 aromatic carbocycles. The van der Waals surface area contributed by atoms with Crippen LogP contribution in [0.15, 0.2) is 6.07 Å². The zero-order valence-electron chi connectivity index (χ0n) is 12.5. The number of nitrogens with one attached hydrogen (secondary N) is 2. The summed E-state index contributed by atoms with van der Waals surface area (Å²) in [5, 5.41) is 7.53.